The monoisotopic (exact) mass is 503 g/mol. The first-order chi connectivity index (χ1) is 16.8. The first kappa shape index (κ1) is 23.9. The van der Waals surface area contributed by atoms with Crippen LogP contribution in [0.25, 0.3) is 11.6 Å². The van der Waals surface area contributed by atoms with E-state index < -0.39 is 82.3 Å². The lowest BCUT2D eigenvalue weighted by molar-refractivity contribution is -0.428. The van der Waals surface area contributed by atoms with Gasteiger partial charge in [-0.1, -0.05) is 12.1 Å². The van der Waals surface area contributed by atoms with Gasteiger partial charge in [-0.05, 0) is 23.8 Å². The topological polar surface area (TPSA) is 185 Å². The van der Waals surface area contributed by atoms with Crippen LogP contribution in [0.2, 0.25) is 0 Å². The van der Waals surface area contributed by atoms with Gasteiger partial charge in [-0.25, -0.2) is 4.99 Å². The zero-order chi connectivity index (χ0) is 26.5. The van der Waals surface area contributed by atoms with E-state index in [-0.39, 0.29) is 5.56 Å². The van der Waals surface area contributed by atoms with Gasteiger partial charge < -0.3 is 0 Å². The second-order valence-corrected chi connectivity index (χ2v) is 7.28. The van der Waals surface area contributed by atoms with E-state index in [1.165, 1.54) is 6.07 Å². The molecule has 13 nitrogen and oxygen atoms in total. The number of nitro benzene ring substituents is 2. The minimum absolute atomic E-state index is 0.268. The number of para-hydroxylation sites is 1. The molecular weight excluding hydrogens is 495 g/mol. The predicted molar refractivity (Wildman–Crippen MR) is 115 cm³/mol. The van der Waals surface area contributed by atoms with Gasteiger partial charge in [-0.2, -0.15) is 13.2 Å². The van der Waals surface area contributed by atoms with E-state index in [2.05, 4.69) is 4.99 Å². The fraction of sp³-hybridized carbons (Fsp3) is 0.0500. The number of hydrogen-bond acceptors (Lipinski definition) is 9. The third-order valence-electron chi connectivity index (χ3n) is 5.22. The molecule has 0 bridgehead atoms. The smallest absolute Gasteiger partial charge is 0.258 e. The van der Waals surface area contributed by atoms with Crippen LogP contribution in [0.5, 0.6) is 0 Å². The Kier molecular flexibility index (Phi) is 5.43. The van der Waals surface area contributed by atoms with Crippen molar-refractivity contribution >= 4 is 34.4 Å². The average molecular weight is 503 g/mol. The minimum atomic E-state index is -4.91. The van der Waals surface area contributed by atoms with Crippen LogP contribution < -0.4 is 0 Å². The Labute approximate surface area is 195 Å². The van der Waals surface area contributed by atoms with Gasteiger partial charge in [0.1, 0.15) is 5.71 Å². The number of hydrogen-bond donors (Lipinski definition) is 0. The molecule has 0 fully saturated rings. The molecule has 16 heteroatoms. The summed E-state index contributed by atoms with van der Waals surface area (Å²) >= 11 is 0. The van der Waals surface area contributed by atoms with Crippen molar-refractivity contribution in [3.8, 4) is 0 Å². The molecule has 0 atom stereocenters. The van der Waals surface area contributed by atoms with E-state index in [1.807, 2.05) is 0 Å². The van der Waals surface area contributed by atoms with Crippen molar-refractivity contribution in [2.45, 2.75) is 6.18 Å². The van der Waals surface area contributed by atoms with Gasteiger partial charge in [0, 0.05) is 11.6 Å². The van der Waals surface area contributed by atoms with Crippen LogP contribution in [0.1, 0.15) is 16.7 Å². The number of allylic oxidation sites excluding steroid dienone is 3. The maximum Gasteiger partial charge on any atom is 0.418 e. The van der Waals surface area contributed by atoms with E-state index in [0.717, 1.165) is 24.3 Å². The summed E-state index contributed by atoms with van der Waals surface area (Å²) in [6.07, 6.45) is -3.54. The number of aliphatic imine (C=N–C) groups is 1. The minimum Gasteiger partial charge on any atom is -0.258 e. The Morgan fingerprint density at radius 2 is 1.47 bits per heavy atom. The van der Waals surface area contributed by atoms with Gasteiger partial charge in [0.05, 0.1) is 54.2 Å². The Morgan fingerprint density at radius 3 is 2.03 bits per heavy atom. The molecular formula is C20H8F3N5O8. The van der Waals surface area contributed by atoms with E-state index in [1.54, 1.807) is 0 Å². The van der Waals surface area contributed by atoms with Crippen LogP contribution in [-0.4, -0.2) is 25.4 Å². The first-order valence-electron chi connectivity index (χ1n) is 9.51. The lowest BCUT2D eigenvalue weighted by atomic mass is 9.90. The highest BCUT2D eigenvalue weighted by Gasteiger charge is 2.45. The molecule has 0 amide bonds. The standard InChI is InChI=1S/C20H8F3N5O8/c21-20(22,23)12-3-1-2-4-13(12)24-19-11-6-9-5-10(25(29)30)7-14(26(31)32)17(9)18(11)15(27(33)34)8-16(19)28(35)36/h1-8H. The number of non-ortho nitro benzene ring substituents is 1. The summed E-state index contributed by atoms with van der Waals surface area (Å²) in [5.41, 5.74) is -8.15. The van der Waals surface area contributed by atoms with Gasteiger partial charge >= 0.3 is 11.9 Å². The highest BCUT2D eigenvalue weighted by atomic mass is 19.4. The van der Waals surface area contributed by atoms with Crippen LogP contribution in [-0.2, 0) is 6.18 Å². The number of fused-ring (bicyclic) bond motifs is 3. The summed E-state index contributed by atoms with van der Waals surface area (Å²) in [5.74, 6) is 0. The summed E-state index contributed by atoms with van der Waals surface area (Å²) in [7, 11) is 0. The molecule has 0 aromatic heterocycles. The fourth-order valence-electron chi connectivity index (χ4n) is 3.82. The summed E-state index contributed by atoms with van der Waals surface area (Å²) in [5, 5.41) is 46.4. The predicted octanol–water partition coefficient (Wildman–Crippen LogP) is 4.85. The van der Waals surface area contributed by atoms with Crippen LogP contribution in [0.15, 0.2) is 64.4 Å². The molecule has 182 valence electrons. The van der Waals surface area contributed by atoms with Crippen LogP contribution >= 0.6 is 0 Å². The zero-order valence-corrected chi connectivity index (χ0v) is 17.3. The Bertz CT molecular complexity index is 1540. The van der Waals surface area contributed by atoms with E-state index in [4.69, 9.17) is 0 Å². The van der Waals surface area contributed by atoms with Crippen LogP contribution in [0, 0.1) is 40.5 Å². The zero-order valence-electron chi connectivity index (χ0n) is 17.3. The molecule has 0 unspecified atom stereocenters. The van der Waals surface area contributed by atoms with Crippen LogP contribution in [0.4, 0.5) is 30.2 Å². The highest BCUT2D eigenvalue weighted by Crippen LogP contribution is 2.49. The van der Waals surface area contributed by atoms with Crippen molar-refractivity contribution < 1.29 is 32.9 Å². The molecule has 0 aliphatic heterocycles. The second kappa shape index (κ2) is 8.19. The highest BCUT2D eigenvalue weighted by molar-refractivity contribution is 6.29. The molecule has 0 radical (unpaired) electrons. The third kappa shape index (κ3) is 3.85. The number of rotatable bonds is 5. The molecule has 2 aromatic carbocycles. The molecule has 2 aromatic rings. The molecule has 36 heavy (non-hydrogen) atoms. The molecule has 0 saturated heterocycles. The summed E-state index contributed by atoms with van der Waals surface area (Å²) in [6, 6.07) is 5.23. The molecule has 0 N–H and O–H groups in total. The number of halogens is 3. The molecule has 2 aliphatic rings. The lowest BCUT2D eigenvalue weighted by Crippen LogP contribution is -2.21. The van der Waals surface area contributed by atoms with Crippen molar-refractivity contribution in [3.05, 3.63) is 117 Å². The Balaban J connectivity index is 2.10. The van der Waals surface area contributed by atoms with Crippen LogP contribution in [0.3, 0.4) is 0 Å². The van der Waals surface area contributed by atoms with Gasteiger partial charge in [0.2, 0.25) is 0 Å². The molecule has 0 saturated carbocycles. The molecule has 0 spiro atoms. The van der Waals surface area contributed by atoms with Crippen molar-refractivity contribution in [3.63, 3.8) is 0 Å². The van der Waals surface area contributed by atoms with Crippen molar-refractivity contribution in [1.29, 1.82) is 0 Å². The summed E-state index contributed by atoms with van der Waals surface area (Å²) in [4.78, 5) is 46.1. The summed E-state index contributed by atoms with van der Waals surface area (Å²) < 4.78 is 40.5. The molecule has 4 rings (SSSR count). The van der Waals surface area contributed by atoms with E-state index in [9.17, 15) is 53.6 Å². The van der Waals surface area contributed by atoms with Gasteiger partial charge in [-0.3, -0.25) is 40.5 Å². The van der Waals surface area contributed by atoms with Crippen molar-refractivity contribution in [2.24, 2.45) is 4.99 Å². The lowest BCUT2D eigenvalue weighted by Gasteiger charge is -2.15. The largest absolute Gasteiger partial charge is 0.418 e. The number of alkyl halides is 3. The van der Waals surface area contributed by atoms with Crippen molar-refractivity contribution in [2.75, 3.05) is 0 Å². The number of benzene rings is 2. The second-order valence-electron chi connectivity index (χ2n) is 7.28. The van der Waals surface area contributed by atoms with Gasteiger partial charge in [0.15, 0.2) is 0 Å². The summed E-state index contributed by atoms with van der Waals surface area (Å²) in [6.45, 7) is 0. The number of nitro groups is 4. The normalized spacial score (nSPS) is 15.7. The molecule has 2 aliphatic carbocycles. The van der Waals surface area contributed by atoms with Gasteiger partial charge in [0.25, 0.3) is 17.1 Å². The average Bonchev–Trinajstić information content (AvgIpc) is 3.17. The van der Waals surface area contributed by atoms with Gasteiger partial charge in [-0.15, -0.1) is 0 Å². The SMILES string of the molecule is O=[N+]([O-])C1=CC([N+](=O)[O-])=C2C(=Cc3cc([N+](=O)[O-])cc([N+](=O)[O-])c32)C1=Nc1ccccc1C(F)(F)F. The quantitative estimate of drug-likeness (QED) is 0.409. The Morgan fingerprint density at radius 1 is 0.806 bits per heavy atom. The first-order valence-corrected chi connectivity index (χ1v) is 9.51. The maximum atomic E-state index is 13.5. The fourth-order valence-corrected chi connectivity index (χ4v) is 3.82. The molecule has 0 heterocycles. The van der Waals surface area contributed by atoms with E-state index in [0.29, 0.717) is 18.2 Å². The maximum absolute atomic E-state index is 13.5. The third-order valence-corrected chi connectivity index (χ3v) is 5.22. The number of nitrogens with zero attached hydrogens (tertiary/aromatic N) is 5. The van der Waals surface area contributed by atoms with E-state index >= 15 is 0 Å². The Hall–Kier alpha value is -5.28. The van der Waals surface area contributed by atoms with Crippen molar-refractivity contribution in [1.82, 2.24) is 0 Å².